The van der Waals surface area contributed by atoms with Gasteiger partial charge in [0.2, 0.25) is 0 Å². The van der Waals surface area contributed by atoms with Gasteiger partial charge in [-0.25, -0.2) is 24.3 Å². The molecule has 0 spiro atoms. The van der Waals surface area contributed by atoms with Crippen LogP contribution in [0.3, 0.4) is 0 Å². The van der Waals surface area contributed by atoms with Gasteiger partial charge in [0.05, 0.1) is 0 Å². The third-order valence-electron chi connectivity index (χ3n) is 3.64. The van der Waals surface area contributed by atoms with Gasteiger partial charge in [-0.05, 0) is 0 Å². The van der Waals surface area contributed by atoms with E-state index in [9.17, 15) is 0 Å². The second-order valence-electron chi connectivity index (χ2n) is 4.68. The molecule has 2 aromatic carbocycles. The van der Waals surface area contributed by atoms with Crippen LogP contribution in [0, 0.1) is 0 Å². The Morgan fingerprint density at radius 3 is 1.04 bits per heavy atom. The van der Waals surface area contributed by atoms with Crippen LogP contribution >= 0.6 is 0 Å². The van der Waals surface area contributed by atoms with Crippen LogP contribution in [0.2, 0.25) is 0 Å². The van der Waals surface area contributed by atoms with Gasteiger partial charge < -0.3 is 26.6 Å². The van der Waals surface area contributed by atoms with Gasteiger partial charge in [-0.1, -0.05) is 10.4 Å². The Morgan fingerprint density at radius 2 is 0.880 bits per heavy atom. The van der Waals surface area contributed by atoms with Crippen molar-refractivity contribution >= 4 is 28.0 Å². The molecule has 2 rings (SSSR count). The van der Waals surface area contributed by atoms with E-state index in [-0.39, 0.29) is 17.1 Å². The first-order valence-corrected chi connectivity index (χ1v) is 10.8. The molecule has 0 bridgehead atoms. The largest absolute Gasteiger partial charge is 2.00 e. The van der Waals surface area contributed by atoms with Gasteiger partial charge in [0.15, 0.2) is 0 Å². The van der Waals surface area contributed by atoms with E-state index in [2.05, 4.69) is 0 Å². The van der Waals surface area contributed by atoms with Gasteiger partial charge in [-0.2, -0.15) is 24.3 Å². The van der Waals surface area contributed by atoms with Crippen LogP contribution in [0.4, 0.5) is 0 Å². The summed E-state index contributed by atoms with van der Waals surface area (Å²) >= 11 is 0. The van der Waals surface area contributed by atoms with E-state index in [0.29, 0.717) is 0 Å². The van der Waals surface area contributed by atoms with E-state index in [1.807, 2.05) is 48.5 Å². The number of hydrogen-bond donors (Lipinski definition) is 0. The Labute approximate surface area is 162 Å². The molecular weight excluding hydrogens is 400 g/mol. The van der Waals surface area contributed by atoms with E-state index < -0.39 is 17.6 Å². The van der Waals surface area contributed by atoms with Gasteiger partial charge in [0.25, 0.3) is 0 Å². The molecule has 0 aliphatic rings. The predicted molar refractivity (Wildman–Crippen MR) is 96.9 cm³/mol. The maximum atomic E-state index is 5.28. The van der Waals surface area contributed by atoms with Crippen molar-refractivity contribution in [3.05, 3.63) is 48.5 Å². The molecule has 0 atom stereocenters. The molecular formula is C16H26FeO6Si2. The minimum Gasteiger partial charge on any atom is -0.375 e. The number of rotatable bonds is 8. The predicted octanol–water partition coefficient (Wildman–Crippen LogP) is 0.979. The zero-order chi connectivity index (χ0) is 18.1. The summed E-state index contributed by atoms with van der Waals surface area (Å²) in [6.07, 6.45) is 0. The maximum Gasteiger partial charge on any atom is 2.00 e. The molecule has 0 fully saturated rings. The SMILES string of the molecule is CO[Si](OC)(OC)c1ccc[cH-]1.CO[Si](OC)(OC)c1ccc[cH-]1.[Fe+2]. The molecule has 0 amide bonds. The Balaban J connectivity index is 0.000000443. The minimum absolute atomic E-state index is 0. The molecule has 0 unspecified atom stereocenters. The molecule has 0 aromatic heterocycles. The minimum atomic E-state index is -2.54. The monoisotopic (exact) mass is 426 g/mol. The smallest absolute Gasteiger partial charge is 0.375 e. The van der Waals surface area contributed by atoms with Crippen molar-refractivity contribution in [1.29, 1.82) is 0 Å². The summed E-state index contributed by atoms with van der Waals surface area (Å²) in [6.45, 7) is 0. The maximum absolute atomic E-state index is 5.28. The van der Waals surface area contributed by atoms with Gasteiger partial charge in [0, 0.05) is 42.7 Å². The average molecular weight is 426 g/mol. The topological polar surface area (TPSA) is 55.4 Å². The molecule has 0 radical (unpaired) electrons. The van der Waals surface area contributed by atoms with Crippen LogP contribution in [0.25, 0.3) is 0 Å². The van der Waals surface area contributed by atoms with Crippen molar-refractivity contribution in [2.45, 2.75) is 0 Å². The molecule has 25 heavy (non-hydrogen) atoms. The van der Waals surface area contributed by atoms with Crippen molar-refractivity contribution in [2.24, 2.45) is 0 Å². The van der Waals surface area contributed by atoms with E-state index in [4.69, 9.17) is 26.6 Å². The zero-order valence-electron chi connectivity index (χ0n) is 15.4. The molecule has 2 aromatic rings. The van der Waals surface area contributed by atoms with Crippen molar-refractivity contribution in [1.82, 2.24) is 0 Å². The number of hydrogen-bond acceptors (Lipinski definition) is 6. The molecule has 0 saturated carbocycles. The van der Waals surface area contributed by atoms with Gasteiger partial charge in [0.1, 0.15) is 0 Å². The van der Waals surface area contributed by atoms with Crippen molar-refractivity contribution in [3.63, 3.8) is 0 Å². The van der Waals surface area contributed by atoms with Gasteiger partial charge in [-0.3, -0.25) is 0 Å². The van der Waals surface area contributed by atoms with Crippen molar-refractivity contribution in [2.75, 3.05) is 42.7 Å². The summed E-state index contributed by atoms with van der Waals surface area (Å²) in [5.41, 5.74) is 0. The molecule has 0 aliphatic carbocycles. The molecule has 0 saturated heterocycles. The fraction of sp³-hybridized carbons (Fsp3) is 0.375. The van der Waals surface area contributed by atoms with E-state index in [1.165, 1.54) is 0 Å². The molecule has 6 nitrogen and oxygen atoms in total. The van der Waals surface area contributed by atoms with E-state index in [0.717, 1.165) is 10.4 Å². The molecule has 0 aliphatic heterocycles. The summed E-state index contributed by atoms with van der Waals surface area (Å²) in [5, 5.41) is 1.99. The van der Waals surface area contributed by atoms with Crippen LogP contribution in [-0.2, 0) is 43.6 Å². The third kappa shape index (κ3) is 5.70. The quantitative estimate of drug-likeness (QED) is 0.464. The molecule has 142 valence electrons. The van der Waals surface area contributed by atoms with Crippen LogP contribution in [0.1, 0.15) is 0 Å². The summed E-state index contributed by atoms with van der Waals surface area (Å²) in [4.78, 5) is 0. The summed E-state index contributed by atoms with van der Waals surface area (Å²) in [6, 6.07) is 15.5. The first-order valence-electron chi connectivity index (χ1n) is 7.33. The third-order valence-corrected chi connectivity index (χ3v) is 8.95. The van der Waals surface area contributed by atoms with Gasteiger partial charge in [-0.15, -0.1) is 0 Å². The van der Waals surface area contributed by atoms with Crippen LogP contribution in [0.5, 0.6) is 0 Å². The first kappa shape index (κ1) is 24.4. The normalized spacial score (nSPS) is 11.4. The van der Waals surface area contributed by atoms with Crippen LogP contribution in [-0.4, -0.2) is 60.3 Å². The van der Waals surface area contributed by atoms with Crippen LogP contribution < -0.4 is 10.4 Å². The Morgan fingerprint density at radius 1 is 0.600 bits per heavy atom. The Kier molecular flexibility index (Phi) is 11.6. The standard InChI is InChI=1S/2C8H13O3Si.Fe/c2*1-9-12(10-2,11-3)8-6-4-5-7-8;/h2*4-7H,1-3H3;/q2*-1;+2. The molecule has 9 heteroatoms. The summed E-state index contributed by atoms with van der Waals surface area (Å²) < 4.78 is 31.7. The van der Waals surface area contributed by atoms with E-state index >= 15 is 0 Å². The fourth-order valence-electron chi connectivity index (χ4n) is 2.36. The fourth-order valence-corrected chi connectivity index (χ4v) is 5.98. The second kappa shape index (κ2) is 11.9. The Hall–Kier alpha value is -0.587. The van der Waals surface area contributed by atoms with Crippen molar-refractivity contribution < 1.29 is 43.6 Å². The van der Waals surface area contributed by atoms with Crippen LogP contribution in [0.15, 0.2) is 48.5 Å². The summed E-state index contributed by atoms with van der Waals surface area (Å²) in [7, 11) is 4.54. The second-order valence-corrected chi connectivity index (χ2v) is 10.5. The Bertz CT molecular complexity index is 472. The molecule has 0 heterocycles. The molecule has 0 N–H and O–H groups in total. The first-order chi connectivity index (χ1) is 11.6. The van der Waals surface area contributed by atoms with E-state index in [1.54, 1.807) is 42.7 Å². The summed E-state index contributed by atoms with van der Waals surface area (Å²) in [5.74, 6) is 0. The zero-order valence-corrected chi connectivity index (χ0v) is 18.5. The van der Waals surface area contributed by atoms with Gasteiger partial charge >= 0.3 is 34.7 Å². The average Bonchev–Trinajstić information content (AvgIpc) is 3.34. The van der Waals surface area contributed by atoms with Crippen molar-refractivity contribution in [3.8, 4) is 0 Å².